The first-order valence-corrected chi connectivity index (χ1v) is 5.19. The van der Waals surface area contributed by atoms with Gasteiger partial charge in [0.25, 0.3) is 0 Å². The van der Waals surface area contributed by atoms with Gasteiger partial charge < -0.3 is 15.7 Å². The smallest absolute Gasteiger partial charge is 0.405 e. The zero-order chi connectivity index (χ0) is 12.0. The molecule has 1 unspecified atom stereocenters. The maximum absolute atomic E-state index is 11.4. The number of carbonyl (C=O) groups is 2. The second-order valence-electron chi connectivity index (χ2n) is 3.61. The first kappa shape index (κ1) is 12.3. The zero-order valence-corrected chi connectivity index (χ0v) is 9.19. The Labute approximate surface area is 94.2 Å². The second kappa shape index (κ2) is 5.95. The molecule has 0 aliphatic heterocycles. The molecule has 5 nitrogen and oxygen atoms in total. The average Bonchev–Trinajstić information content (AvgIpc) is 2.28. The molecule has 0 spiro atoms. The summed E-state index contributed by atoms with van der Waals surface area (Å²) < 4.78 is 0. The third kappa shape index (κ3) is 3.76. The van der Waals surface area contributed by atoms with E-state index in [9.17, 15) is 9.59 Å². The van der Waals surface area contributed by atoms with Gasteiger partial charge in [0.15, 0.2) is 0 Å². The molecule has 5 heteroatoms. The summed E-state index contributed by atoms with van der Waals surface area (Å²) in [6, 6.07) is -0.708. The molecule has 1 aliphatic rings. The largest absolute Gasteiger partial charge is 0.465 e. The Morgan fingerprint density at radius 3 is 2.81 bits per heavy atom. The highest BCUT2D eigenvalue weighted by Gasteiger charge is 2.20. The van der Waals surface area contributed by atoms with Gasteiger partial charge in [-0.15, -0.1) is 0 Å². The third-order valence-corrected chi connectivity index (χ3v) is 2.43. The molecule has 0 aromatic heterocycles. The van der Waals surface area contributed by atoms with E-state index in [4.69, 9.17) is 5.11 Å². The van der Waals surface area contributed by atoms with Crippen LogP contribution in [0.5, 0.6) is 0 Å². The Kier molecular flexibility index (Phi) is 4.57. The Hall–Kier alpha value is -1.78. The Balaban J connectivity index is 2.62. The van der Waals surface area contributed by atoms with Crippen molar-refractivity contribution >= 4 is 12.0 Å². The van der Waals surface area contributed by atoms with Crippen molar-refractivity contribution in [1.29, 1.82) is 0 Å². The van der Waals surface area contributed by atoms with Crippen LogP contribution >= 0.6 is 0 Å². The van der Waals surface area contributed by atoms with Gasteiger partial charge >= 0.3 is 6.09 Å². The van der Waals surface area contributed by atoms with E-state index in [1.54, 1.807) is 0 Å². The summed E-state index contributed by atoms with van der Waals surface area (Å²) in [6.45, 7) is 0. The quantitative estimate of drug-likeness (QED) is 0.667. The predicted molar refractivity (Wildman–Crippen MR) is 60.1 cm³/mol. The molecular weight excluding hydrogens is 208 g/mol. The van der Waals surface area contributed by atoms with E-state index in [1.807, 2.05) is 18.2 Å². The van der Waals surface area contributed by atoms with Gasteiger partial charge in [-0.05, 0) is 19.3 Å². The lowest BCUT2D eigenvalue weighted by molar-refractivity contribution is -0.122. The number of amides is 2. The topological polar surface area (TPSA) is 78.4 Å². The number of hydrogen-bond donors (Lipinski definition) is 3. The van der Waals surface area contributed by atoms with E-state index in [-0.39, 0.29) is 5.91 Å². The molecule has 0 aromatic carbocycles. The lowest BCUT2D eigenvalue weighted by atomic mass is 9.97. The van der Waals surface area contributed by atoms with E-state index in [1.165, 1.54) is 7.05 Å². The molecule has 3 N–H and O–H groups in total. The fourth-order valence-electron chi connectivity index (χ4n) is 1.62. The zero-order valence-electron chi connectivity index (χ0n) is 9.19. The second-order valence-corrected chi connectivity index (χ2v) is 3.61. The monoisotopic (exact) mass is 224 g/mol. The summed E-state index contributed by atoms with van der Waals surface area (Å²) in [7, 11) is 1.49. The van der Waals surface area contributed by atoms with Crippen LogP contribution in [0.1, 0.15) is 19.3 Å². The molecule has 1 rings (SSSR count). The number of allylic oxidation sites excluding steroid dienone is 3. The third-order valence-electron chi connectivity index (χ3n) is 2.43. The van der Waals surface area contributed by atoms with Crippen LogP contribution in [0, 0.1) is 0 Å². The maximum Gasteiger partial charge on any atom is 0.405 e. The van der Waals surface area contributed by atoms with E-state index in [0.717, 1.165) is 18.4 Å². The van der Waals surface area contributed by atoms with Crippen LogP contribution < -0.4 is 10.6 Å². The van der Waals surface area contributed by atoms with Crippen molar-refractivity contribution in [2.45, 2.75) is 25.3 Å². The number of nitrogens with one attached hydrogen (secondary N) is 2. The van der Waals surface area contributed by atoms with Gasteiger partial charge in [0, 0.05) is 7.05 Å². The number of carbonyl (C=O) groups excluding carboxylic acids is 1. The molecule has 2 amide bonds. The first-order chi connectivity index (χ1) is 7.63. The maximum atomic E-state index is 11.4. The molecule has 0 saturated carbocycles. The minimum absolute atomic E-state index is 0.308. The predicted octanol–water partition coefficient (Wildman–Crippen LogP) is 1.04. The molecule has 16 heavy (non-hydrogen) atoms. The molecule has 0 saturated heterocycles. The lowest BCUT2D eigenvalue weighted by Gasteiger charge is -2.17. The lowest BCUT2D eigenvalue weighted by Crippen LogP contribution is -2.45. The van der Waals surface area contributed by atoms with Crippen LogP contribution in [0.15, 0.2) is 23.8 Å². The summed E-state index contributed by atoms with van der Waals surface area (Å²) in [4.78, 5) is 22.0. The summed E-state index contributed by atoms with van der Waals surface area (Å²) in [5.41, 5.74) is 1.09. The van der Waals surface area contributed by atoms with Crippen molar-refractivity contribution in [2.24, 2.45) is 0 Å². The van der Waals surface area contributed by atoms with E-state index < -0.39 is 12.1 Å². The summed E-state index contributed by atoms with van der Waals surface area (Å²) >= 11 is 0. The van der Waals surface area contributed by atoms with Gasteiger partial charge in [-0.1, -0.05) is 23.8 Å². The normalized spacial score (nSPS) is 16.2. The first-order valence-electron chi connectivity index (χ1n) is 5.19. The van der Waals surface area contributed by atoms with Crippen molar-refractivity contribution in [2.75, 3.05) is 7.05 Å². The summed E-state index contributed by atoms with van der Waals surface area (Å²) in [5, 5.41) is 13.3. The van der Waals surface area contributed by atoms with Crippen molar-refractivity contribution < 1.29 is 14.7 Å². The van der Waals surface area contributed by atoms with E-state index >= 15 is 0 Å². The number of hydrogen-bond acceptors (Lipinski definition) is 2. The minimum Gasteiger partial charge on any atom is -0.465 e. The molecule has 88 valence electrons. The van der Waals surface area contributed by atoms with Crippen molar-refractivity contribution in [3.8, 4) is 0 Å². The molecule has 0 bridgehead atoms. The molecule has 0 heterocycles. The Morgan fingerprint density at radius 2 is 2.31 bits per heavy atom. The van der Waals surface area contributed by atoms with E-state index in [2.05, 4.69) is 10.6 Å². The van der Waals surface area contributed by atoms with Crippen LogP contribution in [0.3, 0.4) is 0 Å². The van der Waals surface area contributed by atoms with Gasteiger partial charge in [0.2, 0.25) is 5.91 Å². The number of carboxylic acid groups (broad SMARTS) is 1. The van der Waals surface area contributed by atoms with E-state index in [0.29, 0.717) is 6.42 Å². The minimum atomic E-state index is -1.18. The summed E-state index contributed by atoms with van der Waals surface area (Å²) in [5.74, 6) is -0.308. The van der Waals surface area contributed by atoms with Crippen molar-refractivity contribution in [3.05, 3.63) is 23.8 Å². The fraction of sp³-hybridized carbons (Fsp3) is 0.455. The van der Waals surface area contributed by atoms with Gasteiger partial charge in [0.1, 0.15) is 6.04 Å². The van der Waals surface area contributed by atoms with Gasteiger partial charge in [-0.25, -0.2) is 4.79 Å². The average molecular weight is 224 g/mol. The number of rotatable bonds is 4. The molecule has 0 fully saturated rings. The van der Waals surface area contributed by atoms with Gasteiger partial charge in [-0.3, -0.25) is 4.79 Å². The summed E-state index contributed by atoms with van der Waals surface area (Å²) in [6.07, 6.45) is 6.98. The van der Waals surface area contributed by atoms with Crippen LogP contribution in [0.25, 0.3) is 0 Å². The molecule has 0 radical (unpaired) electrons. The molecule has 1 atom stereocenters. The standard InChI is InChI=1S/C11H16N2O3/c1-12-10(14)9(13-11(15)16)7-8-5-3-2-4-6-8/h2-3,5,9,13H,4,6-7H2,1H3,(H,12,14)(H,15,16). The van der Waals surface area contributed by atoms with Crippen LogP contribution in [0.2, 0.25) is 0 Å². The van der Waals surface area contributed by atoms with Crippen LogP contribution in [0.4, 0.5) is 4.79 Å². The molecular formula is C11H16N2O3. The fourth-order valence-corrected chi connectivity index (χ4v) is 1.62. The van der Waals surface area contributed by atoms with Gasteiger partial charge in [0.05, 0.1) is 0 Å². The molecule has 1 aliphatic carbocycles. The van der Waals surface area contributed by atoms with Crippen LogP contribution in [-0.4, -0.2) is 30.2 Å². The highest BCUT2D eigenvalue weighted by atomic mass is 16.4. The van der Waals surface area contributed by atoms with Crippen molar-refractivity contribution in [1.82, 2.24) is 10.6 Å². The highest BCUT2D eigenvalue weighted by molar-refractivity contribution is 5.85. The van der Waals surface area contributed by atoms with Crippen molar-refractivity contribution in [3.63, 3.8) is 0 Å². The number of likely N-dealkylation sites (N-methyl/N-ethyl adjacent to an activating group) is 1. The van der Waals surface area contributed by atoms with Crippen LogP contribution in [-0.2, 0) is 4.79 Å². The Bertz CT molecular complexity index is 334. The molecule has 0 aromatic rings. The highest BCUT2D eigenvalue weighted by Crippen LogP contribution is 2.17. The Morgan fingerprint density at radius 1 is 1.56 bits per heavy atom. The SMILES string of the molecule is CNC(=O)C(CC1=CC=CCC1)NC(=O)O. The van der Waals surface area contributed by atoms with Gasteiger partial charge in [-0.2, -0.15) is 0 Å².